The molecule has 0 spiro atoms. The normalized spacial score (nSPS) is 14.0. The predicted molar refractivity (Wildman–Crippen MR) is 61.7 cm³/mol. The molecule has 7 heteroatoms. The van der Waals surface area contributed by atoms with Gasteiger partial charge >= 0.3 is 0 Å². The van der Waals surface area contributed by atoms with Crippen molar-refractivity contribution >= 4 is 27.5 Å². The average molecular weight is 260 g/mol. The van der Waals surface area contributed by atoms with E-state index in [1.54, 1.807) is 4.72 Å². The third kappa shape index (κ3) is 3.87. The molecular weight excluding hydrogens is 244 g/mol. The van der Waals surface area contributed by atoms with E-state index in [9.17, 15) is 18.0 Å². The number of carbonyl (C=O) groups is 2. The van der Waals surface area contributed by atoms with E-state index >= 15 is 0 Å². The van der Waals surface area contributed by atoms with Crippen LogP contribution in [-0.4, -0.2) is 20.2 Å². The highest BCUT2D eigenvalue weighted by molar-refractivity contribution is 7.90. The van der Waals surface area contributed by atoms with E-state index in [2.05, 4.69) is 5.32 Å². The Labute approximate surface area is 105 Å². The topological polar surface area (TPSA) is 92.3 Å². The van der Waals surface area contributed by atoms with Crippen LogP contribution in [0.25, 0.3) is 0 Å². The summed E-state index contributed by atoms with van der Waals surface area (Å²) in [6.07, 6.45) is 0. The van der Waals surface area contributed by atoms with Gasteiger partial charge in [-0.1, -0.05) is 0 Å². The molecule has 6 nitrogen and oxygen atoms in total. The Morgan fingerprint density at radius 1 is 1.12 bits per heavy atom. The number of benzene rings is 1. The summed E-state index contributed by atoms with van der Waals surface area (Å²) < 4.78 is 55.9. The molecule has 0 fully saturated rings. The summed E-state index contributed by atoms with van der Waals surface area (Å²) in [5, 5.41) is 2.11. The first-order chi connectivity index (χ1) is 9.49. The van der Waals surface area contributed by atoms with Crippen LogP contribution in [-0.2, 0) is 19.6 Å². The molecule has 2 amide bonds. The molecule has 0 radical (unpaired) electrons. The van der Waals surface area contributed by atoms with E-state index in [0.717, 1.165) is 13.8 Å². The van der Waals surface area contributed by atoms with Crippen LogP contribution in [0, 0.1) is 0 Å². The van der Waals surface area contributed by atoms with E-state index in [-0.39, 0.29) is 0 Å². The zero-order valence-corrected chi connectivity index (χ0v) is 9.86. The number of amides is 2. The van der Waals surface area contributed by atoms with Crippen LogP contribution < -0.4 is 10.0 Å². The number of hydrogen-bond donors (Lipinski definition) is 2. The number of carbonyl (C=O) groups excluding carboxylic acids is 2. The Morgan fingerprint density at radius 2 is 1.65 bits per heavy atom. The molecule has 1 aromatic carbocycles. The van der Waals surface area contributed by atoms with Crippen molar-refractivity contribution in [3.05, 3.63) is 24.2 Å². The summed E-state index contributed by atoms with van der Waals surface area (Å²) in [7, 11) is -4.54. The van der Waals surface area contributed by atoms with Gasteiger partial charge in [0.1, 0.15) is 0 Å². The van der Waals surface area contributed by atoms with E-state index in [1.165, 1.54) is 0 Å². The molecule has 0 aromatic heterocycles. The highest BCUT2D eigenvalue weighted by atomic mass is 32.2. The molecular formula is C10H12N2O4S. The summed E-state index contributed by atoms with van der Waals surface area (Å²) in [4.78, 5) is 20.9. The quantitative estimate of drug-likeness (QED) is 0.826. The minimum absolute atomic E-state index is 0.431. The highest BCUT2D eigenvalue weighted by Gasteiger charge is 2.14. The maximum Gasteiger partial charge on any atom is 0.264 e. The highest BCUT2D eigenvalue weighted by Crippen LogP contribution is 2.13. The predicted octanol–water partition coefficient (Wildman–Crippen LogP) is 0.470. The van der Waals surface area contributed by atoms with Gasteiger partial charge in [-0.2, -0.15) is 0 Å². The Bertz CT molecular complexity index is 704. The van der Waals surface area contributed by atoms with Gasteiger partial charge in [0, 0.05) is 19.5 Å². The lowest BCUT2D eigenvalue weighted by Gasteiger charge is -2.06. The number of anilines is 1. The summed E-state index contributed by atoms with van der Waals surface area (Å²) >= 11 is 0. The zero-order chi connectivity index (χ0) is 16.5. The van der Waals surface area contributed by atoms with Gasteiger partial charge < -0.3 is 5.32 Å². The lowest BCUT2D eigenvalue weighted by molar-refractivity contribution is -0.117. The first-order valence-electron chi connectivity index (χ1n) is 6.40. The van der Waals surface area contributed by atoms with Gasteiger partial charge in [0.15, 0.2) is 0 Å². The molecule has 2 N–H and O–H groups in total. The molecule has 1 aromatic rings. The minimum Gasteiger partial charge on any atom is -0.326 e. The van der Waals surface area contributed by atoms with Gasteiger partial charge in [-0.15, -0.1) is 0 Å². The maximum absolute atomic E-state index is 11.9. The van der Waals surface area contributed by atoms with Gasteiger partial charge in [-0.3, -0.25) is 9.59 Å². The number of nitrogens with one attached hydrogen (secondary N) is 2. The third-order valence-corrected chi connectivity index (χ3v) is 2.75. The van der Waals surface area contributed by atoms with E-state index in [1.807, 2.05) is 0 Å². The van der Waals surface area contributed by atoms with Crippen molar-refractivity contribution in [2.75, 3.05) is 5.32 Å². The van der Waals surface area contributed by atoms with Gasteiger partial charge in [-0.25, -0.2) is 13.1 Å². The SMILES string of the molecule is [2H]c1c([2H])c(S(=O)(=O)NC(C)=O)c([2H])c([2H])c1NC(C)=O. The second kappa shape index (κ2) is 4.96. The lowest BCUT2D eigenvalue weighted by Crippen LogP contribution is -2.28. The van der Waals surface area contributed by atoms with Crippen LogP contribution in [0.15, 0.2) is 29.1 Å². The Morgan fingerprint density at radius 3 is 2.06 bits per heavy atom. The summed E-state index contributed by atoms with van der Waals surface area (Å²) in [6, 6.07) is -3.22. The molecule has 0 atom stereocenters. The largest absolute Gasteiger partial charge is 0.326 e. The second-order valence-corrected chi connectivity index (χ2v) is 4.67. The fraction of sp³-hybridized carbons (Fsp3) is 0.200. The van der Waals surface area contributed by atoms with Crippen LogP contribution in [0.1, 0.15) is 19.3 Å². The van der Waals surface area contributed by atoms with E-state index < -0.39 is 56.6 Å². The Balaban J connectivity index is 3.66. The summed E-state index contributed by atoms with van der Waals surface area (Å²) in [5.74, 6) is -1.56. The van der Waals surface area contributed by atoms with Gasteiger partial charge in [-0.05, 0) is 24.2 Å². The van der Waals surface area contributed by atoms with Crippen molar-refractivity contribution in [2.45, 2.75) is 18.7 Å². The molecule has 92 valence electrons. The first kappa shape index (κ1) is 8.24. The zero-order valence-electron chi connectivity index (χ0n) is 13.0. The molecule has 0 aliphatic carbocycles. The molecule has 0 aliphatic rings. The van der Waals surface area contributed by atoms with E-state index in [4.69, 9.17) is 5.48 Å². The van der Waals surface area contributed by atoms with Crippen molar-refractivity contribution in [3.63, 3.8) is 0 Å². The second-order valence-electron chi connectivity index (χ2n) is 3.05. The van der Waals surface area contributed by atoms with Crippen LogP contribution in [0.4, 0.5) is 5.69 Å². The van der Waals surface area contributed by atoms with E-state index in [0.29, 0.717) is 0 Å². The molecule has 1 rings (SSSR count). The maximum atomic E-state index is 11.9. The fourth-order valence-electron chi connectivity index (χ4n) is 0.914. The molecule has 0 bridgehead atoms. The molecule has 17 heavy (non-hydrogen) atoms. The summed E-state index contributed by atoms with van der Waals surface area (Å²) in [6.45, 7) is 2.04. The smallest absolute Gasteiger partial charge is 0.264 e. The minimum atomic E-state index is -4.54. The van der Waals surface area contributed by atoms with Crippen LogP contribution in [0.5, 0.6) is 0 Å². The fourth-order valence-corrected chi connectivity index (χ4v) is 1.77. The number of hydrogen-bond acceptors (Lipinski definition) is 4. The van der Waals surface area contributed by atoms with Gasteiger partial charge in [0.2, 0.25) is 11.8 Å². The van der Waals surface area contributed by atoms with Gasteiger partial charge in [0.25, 0.3) is 10.0 Å². The molecule has 0 unspecified atom stereocenters. The number of rotatable bonds is 3. The molecule has 0 aliphatic heterocycles. The van der Waals surface area contributed by atoms with Crippen LogP contribution in [0.3, 0.4) is 0 Å². The van der Waals surface area contributed by atoms with Crippen molar-refractivity contribution in [1.29, 1.82) is 0 Å². The van der Waals surface area contributed by atoms with Crippen LogP contribution >= 0.6 is 0 Å². The van der Waals surface area contributed by atoms with Crippen molar-refractivity contribution < 1.29 is 23.5 Å². The third-order valence-electron chi connectivity index (χ3n) is 1.45. The van der Waals surface area contributed by atoms with Crippen molar-refractivity contribution in [2.24, 2.45) is 0 Å². The molecule has 0 saturated heterocycles. The standard InChI is InChI=1S/C10H12N2O4S/c1-7(13)11-9-3-5-10(6-4-9)17(15,16)12-8(2)14/h3-6H,1-2H3,(H,11,13)(H,12,14)/i3D,4D,5D,6D. The molecule has 0 saturated carbocycles. The molecule has 0 heterocycles. The average Bonchev–Trinajstić information content (AvgIpc) is 2.30. The Hall–Kier alpha value is -1.89. The van der Waals surface area contributed by atoms with Crippen molar-refractivity contribution in [3.8, 4) is 0 Å². The van der Waals surface area contributed by atoms with Crippen molar-refractivity contribution in [1.82, 2.24) is 4.72 Å². The monoisotopic (exact) mass is 260 g/mol. The van der Waals surface area contributed by atoms with Crippen LogP contribution in [0.2, 0.25) is 0 Å². The van der Waals surface area contributed by atoms with Gasteiger partial charge in [0.05, 0.1) is 10.4 Å². The Kier molecular flexibility index (Phi) is 2.40. The summed E-state index contributed by atoms with van der Waals surface area (Å²) in [5.41, 5.74) is -0.431. The number of sulfonamides is 1. The first-order valence-corrected chi connectivity index (χ1v) is 5.88. The lowest BCUT2D eigenvalue weighted by atomic mass is 10.3.